The Labute approximate surface area is 530 Å². The van der Waals surface area contributed by atoms with Gasteiger partial charge in [-0.05, 0) is 212 Å². The molecule has 0 unspecified atom stereocenters. The van der Waals surface area contributed by atoms with Gasteiger partial charge in [-0.2, -0.15) is 0 Å². The van der Waals surface area contributed by atoms with Crippen molar-refractivity contribution in [2.45, 2.75) is 19.3 Å². The van der Waals surface area contributed by atoms with E-state index in [1.807, 2.05) is 0 Å². The number of rotatable bonds is 12. The number of para-hydroxylation sites is 2. The maximum atomic E-state index is 2.44. The Hall–Kier alpha value is -11.7. The average molecular weight is 1160 g/mol. The fourth-order valence-corrected chi connectivity index (χ4v) is 14.4. The van der Waals surface area contributed by atoms with E-state index >= 15 is 0 Å². The predicted molar refractivity (Wildman–Crippen MR) is 384 cm³/mol. The lowest BCUT2D eigenvalue weighted by atomic mass is 9.82. The highest BCUT2D eigenvalue weighted by Crippen LogP contribution is 2.53. The molecule has 0 atom stereocenters. The number of hydrogen-bond donors (Lipinski definition) is 0. The molecular weight excluding hydrogens is 1100 g/mol. The molecule has 91 heavy (non-hydrogen) atoms. The number of hydrogen-bond acceptors (Lipinski definition) is 2. The van der Waals surface area contributed by atoms with Gasteiger partial charge in [-0.1, -0.05) is 208 Å². The second-order valence-corrected chi connectivity index (χ2v) is 24.5. The van der Waals surface area contributed by atoms with Crippen molar-refractivity contribution in [2.75, 3.05) is 9.80 Å². The predicted octanol–water partition coefficient (Wildman–Crippen LogP) is 23.8. The third kappa shape index (κ3) is 9.22. The van der Waals surface area contributed by atoms with E-state index in [1.165, 1.54) is 110 Å². The first kappa shape index (κ1) is 53.5. The van der Waals surface area contributed by atoms with Crippen LogP contribution in [0.2, 0.25) is 0 Å². The highest BCUT2D eigenvalue weighted by atomic mass is 15.2. The molecule has 1 aliphatic carbocycles. The SMILES string of the molecule is CC1(C)c2cc(N(c3ccccc3)c3ccc(-n4c5ccc(-c6ccccc6)cc5c5cc(-c6ccccc6)ccc54)cc3)ccc2-c2ccc(N(c3ccccc3)c3ccc(-n4c5ccc(-c6ccccc6)cc5c5cc(-c6ccccc6)ccc54)cc3)cc21. The monoisotopic (exact) mass is 1160 g/mol. The third-order valence-corrected chi connectivity index (χ3v) is 18.9. The Kier molecular flexibility index (Phi) is 12.8. The summed E-state index contributed by atoms with van der Waals surface area (Å²) >= 11 is 0. The molecule has 0 N–H and O–H groups in total. The van der Waals surface area contributed by atoms with Gasteiger partial charge in [0.25, 0.3) is 0 Å². The number of fused-ring (bicyclic) bond motifs is 9. The Balaban J connectivity index is 0.719. The van der Waals surface area contributed by atoms with Crippen LogP contribution in [-0.4, -0.2) is 9.13 Å². The molecule has 2 aromatic heterocycles. The minimum atomic E-state index is -0.316. The van der Waals surface area contributed by atoms with Gasteiger partial charge in [0.2, 0.25) is 0 Å². The van der Waals surface area contributed by atoms with Gasteiger partial charge in [0, 0.05) is 72.5 Å². The van der Waals surface area contributed by atoms with Crippen molar-refractivity contribution in [3.8, 4) is 67.0 Å². The molecule has 1 aliphatic rings. The molecule has 16 aromatic rings. The van der Waals surface area contributed by atoms with Crippen molar-refractivity contribution in [1.29, 1.82) is 0 Å². The van der Waals surface area contributed by atoms with Crippen LogP contribution in [0.5, 0.6) is 0 Å². The molecular formula is C87H62N4. The number of nitrogens with zero attached hydrogens (tertiary/aromatic N) is 4. The fourth-order valence-electron chi connectivity index (χ4n) is 14.4. The smallest absolute Gasteiger partial charge is 0.0541 e. The summed E-state index contributed by atoms with van der Waals surface area (Å²) in [6.45, 7) is 4.78. The lowest BCUT2D eigenvalue weighted by Gasteiger charge is -2.29. The fraction of sp³-hybridized carbons (Fsp3) is 0.0345. The van der Waals surface area contributed by atoms with Crippen molar-refractivity contribution >= 4 is 77.7 Å². The summed E-state index contributed by atoms with van der Waals surface area (Å²) in [5, 5.41) is 4.92. The maximum Gasteiger partial charge on any atom is 0.0541 e. The Bertz CT molecular complexity index is 4850. The summed E-state index contributed by atoms with van der Waals surface area (Å²) in [5.41, 5.74) is 28.0. The van der Waals surface area contributed by atoms with Gasteiger partial charge >= 0.3 is 0 Å². The molecule has 14 aromatic carbocycles. The lowest BCUT2D eigenvalue weighted by Crippen LogP contribution is -2.17. The molecule has 4 heteroatoms. The zero-order valence-corrected chi connectivity index (χ0v) is 50.6. The molecule has 0 aliphatic heterocycles. The van der Waals surface area contributed by atoms with E-state index in [2.05, 4.69) is 372 Å². The van der Waals surface area contributed by atoms with Crippen molar-refractivity contribution in [2.24, 2.45) is 0 Å². The molecule has 0 saturated carbocycles. The molecule has 2 heterocycles. The van der Waals surface area contributed by atoms with Gasteiger partial charge in [-0.25, -0.2) is 0 Å². The highest BCUT2D eigenvalue weighted by molar-refractivity contribution is 6.13. The summed E-state index contributed by atoms with van der Waals surface area (Å²) in [4.78, 5) is 4.81. The van der Waals surface area contributed by atoms with Gasteiger partial charge in [0.05, 0.1) is 22.1 Å². The van der Waals surface area contributed by atoms with E-state index in [-0.39, 0.29) is 5.41 Å². The van der Waals surface area contributed by atoms with E-state index in [1.54, 1.807) is 0 Å². The summed E-state index contributed by atoms with van der Waals surface area (Å²) < 4.78 is 4.86. The Morgan fingerprint density at radius 3 is 0.758 bits per heavy atom. The summed E-state index contributed by atoms with van der Waals surface area (Å²) in [6, 6.07) is 125. The molecule has 17 rings (SSSR count). The first-order valence-electron chi connectivity index (χ1n) is 31.5. The van der Waals surface area contributed by atoms with E-state index in [0.717, 1.165) is 45.5 Å². The molecule has 0 bridgehead atoms. The van der Waals surface area contributed by atoms with Gasteiger partial charge in [-0.15, -0.1) is 0 Å². The summed E-state index contributed by atoms with van der Waals surface area (Å²) in [6.07, 6.45) is 0. The van der Waals surface area contributed by atoms with Crippen LogP contribution >= 0.6 is 0 Å². The minimum absolute atomic E-state index is 0.316. The van der Waals surface area contributed by atoms with Crippen molar-refractivity contribution < 1.29 is 0 Å². The number of anilines is 6. The maximum absolute atomic E-state index is 2.44. The second-order valence-electron chi connectivity index (χ2n) is 24.5. The number of aromatic nitrogens is 2. The Morgan fingerprint density at radius 2 is 0.473 bits per heavy atom. The molecule has 0 saturated heterocycles. The van der Waals surface area contributed by atoms with Gasteiger partial charge in [0.1, 0.15) is 0 Å². The first-order valence-corrected chi connectivity index (χ1v) is 31.5. The average Bonchev–Trinajstić information content (AvgIpc) is 1.66. The van der Waals surface area contributed by atoms with E-state index < -0.39 is 0 Å². The van der Waals surface area contributed by atoms with Crippen molar-refractivity contribution in [3.63, 3.8) is 0 Å². The molecule has 0 spiro atoms. The molecule has 0 radical (unpaired) electrons. The lowest BCUT2D eigenvalue weighted by molar-refractivity contribution is 0.660. The highest BCUT2D eigenvalue weighted by Gasteiger charge is 2.37. The van der Waals surface area contributed by atoms with Gasteiger partial charge < -0.3 is 18.9 Å². The van der Waals surface area contributed by atoms with Crippen LogP contribution in [0, 0.1) is 0 Å². The van der Waals surface area contributed by atoms with Crippen LogP contribution in [0.3, 0.4) is 0 Å². The summed E-state index contributed by atoms with van der Waals surface area (Å²) in [5.74, 6) is 0. The zero-order valence-electron chi connectivity index (χ0n) is 50.6. The first-order chi connectivity index (χ1) is 44.9. The minimum Gasteiger partial charge on any atom is -0.310 e. The van der Waals surface area contributed by atoms with Crippen LogP contribution in [0.25, 0.3) is 111 Å². The largest absolute Gasteiger partial charge is 0.310 e. The van der Waals surface area contributed by atoms with Crippen LogP contribution in [-0.2, 0) is 5.41 Å². The van der Waals surface area contributed by atoms with Crippen molar-refractivity contribution in [3.05, 3.63) is 351 Å². The van der Waals surface area contributed by atoms with Gasteiger partial charge in [-0.3, -0.25) is 0 Å². The normalized spacial score (nSPS) is 12.4. The quantitative estimate of drug-likeness (QED) is 0.121. The van der Waals surface area contributed by atoms with Crippen LogP contribution in [0.4, 0.5) is 34.1 Å². The van der Waals surface area contributed by atoms with E-state index in [9.17, 15) is 0 Å². The second kappa shape index (κ2) is 21.8. The van der Waals surface area contributed by atoms with Crippen LogP contribution < -0.4 is 9.80 Å². The van der Waals surface area contributed by atoms with E-state index in [4.69, 9.17) is 0 Å². The molecule has 4 nitrogen and oxygen atoms in total. The van der Waals surface area contributed by atoms with E-state index in [0.29, 0.717) is 0 Å². The van der Waals surface area contributed by atoms with Gasteiger partial charge in [0.15, 0.2) is 0 Å². The standard InChI is InChI=1S/C87H62N4/c1-87(2)81-57-73(88(67-29-17-7-18-30-67)69-37-41-71(42-38-69)90-83-49-33-63(59-21-9-3-10-22-59)53-77(83)78-54-64(34-50-84(78)90)60-23-11-4-12-24-60)45-47-75(81)76-48-46-74(58-82(76)87)89(68-31-19-8-20-32-68)70-39-43-72(44-40-70)91-85-51-35-65(61-25-13-5-14-26-61)55-79(85)80-56-66(36-52-86(80)91)62-27-15-6-16-28-62/h3-58H,1-2H3. The zero-order chi connectivity index (χ0) is 60.6. The molecule has 0 amide bonds. The molecule has 0 fully saturated rings. The molecule has 430 valence electrons. The topological polar surface area (TPSA) is 16.3 Å². The van der Waals surface area contributed by atoms with Crippen LogP contribution in [0.1, 0.15) is 25.0 Å². The third-order valence-electron chi connectivity index (χ3n) is 18.9. The Morgan fingerprint density at radius 1 is 0.220 bits per heavy atom. The number of benzene rings is 14. The van der Waals surface area contributed by atoms with Crippen LogP contribution in [0.15, 0.2) is 340 Å². The summed E-state index contributed by atoms with van der Waals surface area (Å²) in [7, 11) is 0. The van der Waals surface area contributed by atoms with Crippen molar-refractivity contribution in [1.82, 2.24) is 9.13 Å².